The minimum atomic E-state index is -0.123. The highest BCUT2D eigenvalue weighted by Gasteiger charge is 2.08. The second kappa shape index (κ2) is 8.44. The Morgan fingerprint density at radius 3 is 2.52 bits per heavy atom. The zero-order valence-electron chi connectivity index (χ0n) is 15.8. The molecule has 5 heteroatoms. The molecule has 1 amide bonds. The molecule has 140 valence electrons. The molecule has 3 aromatic rings. The van der Waals surface area contributed by atoms with E-state index in [1.165, 1.54) is 4.90 Å². The molecule has 27 heavy (non-hydrogen) atoms. The summed E-state index contributed by atoms with van der Waals surface area (Å²) in [6.07, 6.45) is 1.10. The molecule has 0 aliphatic carbocycles. The normalized spacial score (nSPS) is 11.1. The highest BCUT2D eigenvalue weighted by molar-refractivity contribution is 7.99. The van der Waals surface area contributed by atoms with Crippen LogP contribution in [0, 0.1) is 0 Å². The van der Waals surface area contributed by atoms with E-state index < -0.39 is 0 Å². The molecule has 0 fully saturated rings. The molecule has 3 rings (SSSR count). The van der Waals surface area contributed by atoms with Crippen molar-refractivity contribution in [1.29, 1.82) is 0 Å². The van der Waals surface area contributed by atoms with Crippen molar-refractivity contribution in [3.05, 3.63) is 70.0 Å². The Hall–Kier alpha value is -2.53. The van der Waals surface area contributed by atoms with Gasteiger partial charge in [-0.15, -0.1) is 11.8 Å². The van der Waals surface area contributed by atoms with Gasteiger partial charge in [-0.05, 0) is 41.8 Å². The monoisotopic (exact) mass is 380 g/mol. The van der Waals surface area contributed by atoms with Crippen LogP contribution in [0.3, 0.4) is 0 Å². The van der Waals surface area contributed by atoms with Gasteiger partial charge in [0.1, 0.15) is 0 Å². The molecule has 1 heterocycles. The van der Waals surface area contributed by atoms with Crippen molar-refractivity contribution in [3.8, 4) is 0 Å². The third kappa shape index (κ3) is 5.01. The molecule has 2 N–H and O–H groups in total. The van der Waals surface area contributed by atoms with Crippen LogP contribution in [-0.4, -0.2) is 16.1 Å². The molecule has 0 bridgehead atoms. The average Bonchev–Trinajstić information content (AvgIpc) is 2.61. The fraction of sp³-hybridized carbons (Fsp3) is 0.273. The first-order chi connectivity index (χ1) is 12.9. The third-order valence-corrected chi connectivity index (χ3v) is 5.27. The summed E-state index contributed by atoms with van der Waals surface area (Å²) in [5.74, 6) is -0.0763. The molecular weight excluding hydrogens is 356 g/mol. The largest absolute Gasteiger partial charge is 0.326 e. The van der Waals surface area contributed by atoms with E-state index in [9.17, 15) is 9.59 Å². The maximum atomic E-state index is 12.4. The number of carbonyl (C=O) groups excluding carboxylic acids is 1. The van der Waals surface area contributed by atoms with Gasteiger partial charge in [-0.25, -0.2) is 0 Å². The summed E-state index contributed by atoms with van der Waals surface area (Å²) in [6.45, 7) is 6.34. The highest BCUT2D eigenvalue weighted by atomic mass is 32.2. The van der Waals surface area contributed by atoms with Gasteiger partial charge in [0.2, 0.25) is 11.5 Å². The van der Waals surface area contributed by atoms with E-state index in [1.54, 1.807) is 17.8 Å². The Kier molecular flexibility index (Phi) is 6.01. The number of aromatic amines is 1. The third-order valence-electron chi connectivity index (χ3n) is 4.25. The molecule has 0 saturated carbocycles. The van der Waals surface area contributed by atoms with Crippen molar-refractivity contribution in [2.45, 2.75) is 43.8 Å². The van der Waals surface area contributed by atoms with Crippen molar-refractivity contribution < 1.29 is 4.79 Å². The van der Waals surface area contributed by atoms with Crippen molar-refractivity contribution >= 4 is 34.3 Å². The molecule has 0 atom stereocenters. The summed E-state index contributed by atoms with van der Waals surface area (Å²) < 4.78 is 0. The van der Waals surface area contributed by atoms with Gasteiger partial charge in [0.05, 0.1) is 11.9 Å². The van der Waals surface area contributed by atoms with Gasteiger partial charge in [-0.2, -0.15) is 0 Å². The number of pyridine rings is 1. The number of amides is 1. The van der Waals surface area contributed by atoms with E-state index in [1.807, 2.05) is 37.3 Å². The van der Waals surface area contributed by atoms with Gasteiger partial charge in [0, 0.05) is 27.3 Å². The predicted octanol–water partition coefficient (Wildman–Crippen LogP) is 4.77. The standard InChI is InChI=1S/C22H24N2O2S/c1-4-16-12-22(26)24-20-13-17(7-10-19(16)20)23-21(25)11-15-5-8-18(9-6-15)27-14(2)3/h5-10,12-14H,4,11H2,1-3H3,(H,23,25)(H,24,26). The fourth-order valence-corrected chi connectivity index (χ4v) is 3.89. The fourth-order valence-electron chi connectivity index (χ4n) is 3.05. The van der Waals surface area contributed by atoms with E-state index in [-0.39, 0.29) is 11.5 Å². The second-order valence-electron chi connectivity index (χ2n) is 6.81. The van der Waals surface area contributed by atoms with Gasteiger partial charge in [-0.1, -0.05) is 39.0 Å². The summed E-state index contributed by atoms with van der Waals surface area (Å²) in [5.41, 5.74) is 3.28. The maximum Gasteiger partial charge on any atom is 0.248 e. The minimum Gasteiger partial charge on any atom is -0.326 e. The zero-order valence-corrected chi connectivity index (χ0v) is 16.7. The Morgan fingerprint density at radius 2 is 1.85 bits per heavy atom. The lowest BCUT2D eigenvalue weighted by Crippen LogP contribution is -2.14. The molecule has 0 unspecified atom stereocenters. The van der Waals surface area contributed by atoms with Gasteiger partial charge < -0.3 is 10.3 Å². The van der Waals surface area contributed by atoms with E-state index >= 15 is 0 Å². The molecule has 4 nitrogen and oxygen atoms in total. The number of fused-ring (bicyclic) bond motifs is 1. The number of hydrogen-bond donors (Lipinski definition) is 2. The van der Waals surface area contributed by atoms with Gasteiger partial charge in [0.25, 0.3) is 0 Å². The molecule has 0 aliphatic rings. The number of benzene rings is 2. The smallest absolute Gasteiger partial charge is 0.248 e. The summed E-state index contributed by atoms with van der Waals surface area (Å²) in [7, 11) is 0. The Bertz CT molecular complexity index is 1010. The van der Waals surface area contributed by atoms with Crippen molar-refractivity contribution in [2.24, 2.45) is 0 Å². The number of hydrogen-bond acceptors (Lipinski definition) is 3. The summed E-state index contributed by atoms with van der Waals surface area (Å²) in [4.78, 5) is 28.2. The van der Waals surface area contributed by atoms with Crippen LogP contribution in [-0.2, 0) is 17.6 Å². The van der Waals surface area contributed by atoms with Gasteiger partial charge in [-0.3, -0.25) is 9.59 Å². The van der Waals surface area contributed by atoms with Crippen LogP contribution in [0.4, 0.5) is 5.69 Å². The number of rotatable bonds is 6. The van der Waals surface area contributed by atoms with Gasteiger partial charge >= 0.3 is 0 Å². The molecule has 0 spiro atoms. The lowest BCUT2D eigenvalue weighted by molar-refractivity contribution is -0.115. The number of thioether (sulfide) groups is 1. The van der Waals surface area contributed by atoms with Crippen LogP contribution in [0.2, 0.25) is 0 Å². The topological polar surface area (TPSA) is 62.0 Å². The van der Waals surface area contributed by atoms with Crippen LogP contribution in [0.15, 0.2) is 58.2 Å². The number of aromatic nitrogens is 1. The number of H-pyrrole nitrogens is 1. The summed E-state index contributed by atoms with van der Waals surface area (Å²) in [5, 5.41) is 4.46. The number of nitrogens with one attached hydrogen (secondary N) is 2. The highest BCUT2D eigenvalue weighted by Crippen LogP contribution is 2.23. The number of aryl methyl sites for hydroxylation is 1. The second-order valence-corrected chi connectivity index (χ2v) is 8.46. The van der Waals surface area contributed by atoms with Crippen molar-refractivity contribution in [1.82, 2.24) is 4.98 Å². The summed E-state index contributed by atoms with van der Waals surface area (Å²) in [6, 6.07) is 15.4. The van der Waals surface area contributed by atoms with Crippen molar-refractivity contribution in [3.63, 3.8) is 0 Å². The van der Waals surface area contributed by atoms with E-state index in [0.717, 1.165) is 28.5 Å². The van der Waals surface area contributed by atoms with Crippen LogP contribution in [0.5, 0.6) is 0 Å². The first-order valence-corrected chi connectivity index (χ1v) is 10.0. The number of anilines is 1. The Balaban J connectivity index is 1.71. The summed E-state index contributed by atoms with van der Waals surface area (Å²) >= 11 is 1.80. The molecule has 1 aromatic heterocycles. The molecule has 0 radical (unpaired) electrons. The van der Waals surface area contributed by atoms with Crippen molar-refractivity contribution in [2.75, 3.05) is 5.32 Å². The van der Waals surface area contributed by atoms with Crippen LogP contribution in [0.1, 0.15) is 31.9 Å². The molecule has 0 aliphatic heterocycles. The van der Waals surface area contributed by atoms with E-state index in [0.29, 0.717) is 17.4 Å². The first-order valence-electron chi connectivity index (χ1n) is 9.16. The van der Waals surface area contributed by atoms with E-state index in [2.05, 4.69) is 36.3 Å². The molecule has 0 saturated heterocycles. The van der Waals surface area contributed by atoms with E-state index in [4.69, 9.17) is 0 Å². The van der Waals surface area contributed by atoms with Crippen LogP contribution >= 0.6 is 11.8 Å². The lowest BCUT2D eigenvalue weighted by atomic mass is 10.1. The van der Waals surface area contributed by atoms with Gasteiger partial charge in [0.15, 0.2) is 0 Å². The predicted molar refractivity (Wildman–Crippen MR) is 114 cm³/mol. The number of carbonyl (C=O) groups is 1. The van der Waals surface area contributed by atoms with Crippen LogP contribution < -0.4 is 10.9 Å². The maximum absolute atomic E-state index is 12.4. The molecular formula is C22H24N2O2S. The SMILES string of the molecule is CCc1cc(=O)[nH]c2cc(NC(=O)Cc3ccc(SC(C)C)cc3)ccc12. The first kappa shape index (κ1) is 19.2. The molecule has 2 aromatic carbocycles. The minimum absolute atomic E-state index is 0.0763. The quantitative estimate of drug-likeness (QED) is 0.606. The lowest BCUT2D eigenvalue weighted by Gasteiger charge is -2.09. The Labute approximate surface area is 163 Å². The Morgan fingerprint density at radius 1 is 1.11 bits per heavy atom. The van der Waals surface area contributed by atoms with Crippen LogP contribution in [0.25, 0.3) is 10.9 Å². The zero-order chi connectivity index (χ0) is 19.4. The average molecular weight is 381 g/mol.